The molecular formula is C18H23BrClLiMgO. The first-order valence-corrected chi connectivity index (χ1v) is 7.76. The van der Waals surface area contributed by atoms with Crippen molar-refractivity contribution in [3.05, 3.63) is 29.8 Å². The summed E-state index contributed by atoms with van der Waals surface area (Å²) >= 11 is 0. The zero-order valence-electron chi connectivity index (χ0n) is 14.4. The summed E-state index contributed by atoms with van der Waals surface area (Å²) in [5.74, 6) is 4.85. The van der Waals surface area contributed by atoms with Gasteiger partial charge in [0.25, 0.3) is 0 Å². The van der Waals surface area contributed by atoms with Crippen molar-refractivity contribution in [1.82, 2.24) is 0 Å². The zero-order valence-corrected chi connectivity index (χ0v) is 18.2. The predicted octanol–water partition coefficient (Wildman–Crippen LogP) is -5.16. The van der Waals surface area contributed by atoms with Crippen LogP contribution in [0.1, 0.15) is 44.6 Å². The molecular weight excluding hydrogens is 379 g/mol. The number of ether oxygens (including phenoxy) is 1. The van der Waals surface area contributed by atoms with Crippen molar-refractivity contribution in [3.8, 4) is 5.75 Å². The molecule has 4 aliphatic carbocycles. The van der Waals surface area contributed by atoms with Gasteiger partial charge in [-0.05, 0) is 61.2 Å². The Hall–Kier alpha value is 1.15. The molecule has 0 saturated heterocycles. The Morgan fingerprint density at radius 2 is 1.61 bits per heavy atom. The average Bonchev–Trinajstić information content (AvgIpc) is 2.43. The SMILES string of the molecule is COc1c[c-]ccc1C1(C)C2CC3CC(C2)CC1C3.[Br-].[Cl-].[Li+].[Mg+2]. The van der Waals surface area contributed by atoms with Crippen molar-refractivity contribution >= 4 is 23.1 Å². The summed E-state index contributed by atoms with van der Waals surface area (Å²) in [5.41, 5.74) is 1.79. The molecule has 23 heavy (non-hydrogen) atoms. The Bertz CT molecular complexity index is 486. The molecule has 0 aliphatic heterocycles. The molecule has 0 heterocycles. The van der Waals surface area contributed by atoms with Crippen molar-refractivity contribution in [2.24, 2.45) is 23.7 Å². The van der Waals surface area contributed by atoms with Crippen molar-refractivity contribution in [1.29, 1.82) is 0 Å². The summed E-state index contributed by atoms with van der Waals surface area (Å²) in [5, 5.41) is 0. The van der Waals surface area contributed by atoms with E-state index in [9.17, 15) is 0 Å². The van der Waals surface area contributed by atoms with Crippen LogP contribution in [0.25, 0.3) is 0 Å². The minimum atomic E-state index is 0. The molecule has 0 aromatic heterocycles. The third kappa shape index (κ3) is 3.81. The first-order valence-electron chi connectivity index (χ1n) is 7.76. The molecule has 4 bridgehead atoms. The van der Waals surface area contributed by atoms with E-state index in [1.807, 2.05) is 6.07 Å². The van der Waals surface area contributed by atoms with Gasteiger partial charge in [-0.1, -0.05) is 6.92 Å². The normalized spacial score (nSPS) is 35.9. The smallest absolute Gasteiger partial charge is 1.00 e. The van der Waals surface area contributed by atoms with Gasteiger partial charge in [0.05, 0.1) is 7.11 Å². The molecule has 0 atom stereocenters. The van der Waals surface area contributed by atoms with Crippen LogP contribution in [0.4, 0.5) is 0 Å². The quantitative estimate of drug-likeness (QED) is 0.356. The van der Waals surface area contributed by atoms with Crippen LogP contribution in [-0.4, -0.2) is 30.2 Å². The molecule has 0 amide bonds. The molecule has 0 radical (unpaired) electrons. The second kappa shape index (κ2) is 9.20. The maximum atomic E-state index is 5.64. The van der Waals surface area contributed by atoms with Gasteiger partial charge in [-0.3, -0.25) is 0 Å². The van der Waals surface area contributed by atoms with Gasteiger partial charge in [0.15, 0.2) is 0 Å². The third-order valence-electron chi connectivity index (χ3n) is 6.46. The first kappa shape index (κ1) is 24.2. The molecule has 1 aromatic rings. The molecule has 4 fully saturated rings. The van der Waals surface area contributed by atoms with E-state index >= 15 is 0 Å². The summed E-state index contributed by atoms with van der Waals surface area (Å²) in [6.45, 7) is 2.51. The van der Waals surface area contributed by atoms with Crippen LogP contribution in [0.15, 0.2) is 18.2 Å². The van der Waals surface area contributed by atoms with Gasteiger partial charge in [-0.25, -0.2) is 0 Å². The molecule has 0 spiro atoms. The number of methoxy groups -OCH3 is 1. The third-order valence-corrected chi connectivity index (χ3v) is 6.46. The topological polar surface area (TPSA) is 9.23 Å². The van der Waals surface area contributed by atoms with Crippen molar-refractivity contribution in [2.75, 3.05) is 7.11 Å². The Morgan fingerprint density at radius 1 is 1.09 bits per heavy atom. The van der Waals surface area contributed by atoms with Gasteiger partial charge in [0.1, 0.15) is 0 Å². The number of rotatable bonds is 2. The van der Waals surface area contributed by atoms with Crippen LogP contribution in [-0.2, 0) is 5.41 Å². The van der Waals surface area contributed by atoms with Gasteiger partial charge in [0, 0.05) is 5.75 Å². The fraction of sp³-hybridized carbons (Fsp3) is 0.667. The summed E-state index contributed by atoms with van der Waals surface area (Å²) < 4.78 is 5.64. The monoisotopic (exact) mass is 400 g/mol. The van der Waals surface area contributed by atoms with Crippen molar-refractivity contribution < 1.29 is 53.0 Å². The van der Waals surface area contributed by atoms with Gasteiger partial charge in [0.2, 0.25) is 0 Å². The van der Waals surface area contributed by atoms with Crippen LogP contribution >= 0.6 is 0 Å². The molecule has 118 valence electrons. The first-order chi connectivity index (χ1) is 9.21. The van der Waals surface area contributed by atoms with Gasteiger partial charge in [-0.2, -0.15) is 18.2 Å². The van der Waals surface area contributed by atoms with E-state index in [-0.39, 0.29) is 71.3 Å². The molecule has 1 nitrogen and oxygen atoms in total. The fourth-order valence-corrected chi connectivity index (χ4v) is 5.63. The molecule has 1 aromatic carbocycles. The largest absolute Gasteiger partial charge is 2.00 e. The van der Waals surface area contributed by atoms with E-state index in [2.05, 4.69) is 25.1 Å². The van der Waals surface area contributed by atoms with Crippen molar-refractivity contribution in [3.63, 3.8) is 0 Å². The fourth-order valence-electron chi connectivity index (χ4n) is 5.63. The summed E-state index contributed by atoms with van der Waals surface area (Å²) in [4.78, 5) is 0. The second-order valence-corrected chi connectivity index (χ2v) is 7.21. The molecule has 0 N–H and O–H groups in total. The summed E-state index contributed by atoms with van der Waals surface area (Å²) in [6.07, 6.45) is 7.32. The minimum Gasteiger partial charge on any atom is -1.00 e. The maximum Gasteiger partial charge on any atom is 2.00 e. The number of hydrogen-bond acceptors (Lipinski definition) is 1. The Balaban J connectivity index is 0.00000121. The Kier molecular flexibility index (Phi) is 9.66. The van der Waals surface area contributed by atoms with Crippen LogP contribution in [0.3, 0.4) is 0 Å². The minimum absolute atomic E-state index is 0. The van der Waals surface area contributed by atoms with E-state index in [1.54, 1.807) is 7.11 Å². The Morgan fingerprint density at radius 3 is 2.09 bits per heavy atom. The molecule has 5 rings (SSSR count). The van der Waals surface area contributed by atoms with Crippen LogP contribution in [0.2, 0.25) is 0 Å². The van der Waals surface area contributed by atoms with E-state index in [4.69, 9.17) is 4.74 Å². The molecule has 0 unspecified atom stereocenters. The van der Waals surface area contributed by atoms with Gasteiger partial charge >= 0.3 is 41.9 Å². The standard InChI is InChI=1S/C18H23O.BrH.ClH.Li.Mg/c1-18(16-5-3-4-6-17(16)19-2)14-8-12-7-13(10-14)11-15(18)9-12;;;;/h3,5-6,12-15H,7-11H2,1-2H3;2*1H;;/q-1;;;+1;+2/p-2. The average molecular weight is 402 g/mol. The maximum absolute atomic E-state index is 5.64. The number of hydrogen-bond donors (Lipinski definition) is 0. The number of benzene rings is 1. The van der Waals surface area contributed by atoms with Crippen LogP contribution in [0.5, 0.6) is 5.75 Å². The van der Waals surface area contributed by atoms with Crippen molar-refractivity contribution in [2.45, 2.75) is 44.4 Å². The van der Waals surface area contributed by atoms with E-state index < -0.39 is 0 Å². The summed E-state index contributed by atoms with van der Waals surface area (Å²) in [6, 6.07) is 9.51. The van der Waals surface area contributed by atoms with E-state index in [0.29, 0.717) is 5.41 Å². The molecule has 4 saturated carbocycles. The molecule has 4 aliphatic rings. The summed E-state index contributed by atoms with van der Waals surface area (Å²) in [7, 11) is 1.80. The predicted molar refractivity (Wildman–Crippen MR) is 82.0 cm³/mol. The van der Waals surface area contributed by atoms with E-state index in [1.165, 1.54) is 37.7 Å². The number of halogens is 2. The van der Waals surface area contributed by atoms with E-state index in [0.717, 1.165) is 29.4 Å². The van der Waals surface area contributed by atoms with Crippen LogP contribution in [0, 0.1) is 29.7 Å². The van der Waals surface area contributed by atoms with Gasteiger partial charge in [-0.15, -0.1) is 11.6 Å². The molecule has 5 heteroatoms. The van der Waals surface area contributed by atoms with Gasteiger partial charge < -0.3 is 34.1 Å². The zero-order chi connectivity index (χ0) is 13.0. The second-order valence-electron chi connectivity index (χ2n) is 7.21. The van der Waals surface area contributed by atoms with Crippen LogP contribution < -0.4 is 53.0 Å². The Labute approximate surface area is 185 Å².